The Labute approximate surface area is 93.1 Å². The van der Waals surface area contributed by atoms with Crippen LogP contribution in [0.2, 0.25) is 5.02 Å². The summed E-state index contributed by atoms with van der Waals surface area (Å²) in [5.41, 5.74) is 0.239. The number of benzene rings is 1. The van der Waals surface area contributed by atoms with E-state index in [2.05, 4.69) is 5.32 Å². The number of carbonyl (C=O) groups is 1. The topological polar surface area (TPSA) is 49.3 Å². The molecule has 0 spiro atoms. The number of para-hydroxylation sites is 1. The Bertz CT molecular complexity index is 388. The Morgan fingerprint density at radius 2 is 2.27 bits per heavy atom. The maximum absolute atomic E-state index is 11.6. The quantitative estimate of drug-likeness (QED) is 0.829. The van der Waals surface area contributed by atoms with E-state index in [4.69, 9.17) is 11.6 Å². The maximum Gasteiger partial charge on any atom is 0.255 e. The molecule has 80 valence electrons. The first-order valence-corrected chi connectivity index (χ1v) is 5.32. The lowest BCUT2D eigenvalue weighted by Gasteiger charge is -2.06. The largest absolute Gasteiger partial charge is 0.506 e. The zero-order chi connectivity index (χ0) is 10.8. The number of halogens is 1. The highest BCUT2D eigenvalue weighted by Gasteiger charge is 2.22. The molecule has 1 saturated carbocycles. The third-order valence-corrected chi connectivity index (χ3v) is 2.78. The van der Waals surface area contributed by atoms with Crippen LogP contribution in [0.3, 0.4) is 0 Å². The molecular formula is C11H12ClNO2. The molecule has 1 aromatic carbocycles. The van der Waals surface area contributed by atoms with Gasteiger partial charge in [0.1, 0.15) is 5.75 Å². The van der Waals surface area contributed by atoms with Crippen molar-refractivity contribution in [2.24, 2.45) is 5.92 Å². The first-order chi connectivity index (χ1) is 7.18. The fraction of sp³-hybridized carbons (Fsp3) is 0.364. The molecule has 3 nitrogen and oxygen atoms in total. The van der Waals surface area contributed by atoms with Crippen LogP contribution >= 0.6 is 11.6 Å². The molecule has 1 amide bonds. The van der Waals surface area contributed by atoms with E-state index in [-0.39, 0.29) is 22.2 Å². The molecule has 1 fully saturated rings. The first-order valence-electron chi connectivity index (χ1n) is 4.94. The second-order valence-corrected chi connectivity index (χ2v) is 4.20. The molecule has 1 aliphatic rings. The average Bonchev–Trinajstić information content (AvgIpc) is 3.02. The lowest BCUT2D eigenvalue weighted by molar-refractivity contribution is 0.0949. The van der Waals surface area contributed by atoms with E-state index in [9.17, 15) is 9.90 Å². The summed E-state index contributed by atoms with van der Waals surface area (Å²) in [6.45, 7) is 0.685. The molecule has 1 aliphatic carbocycles. The normalized spacial score (nSPS) is 15.0. The van der Waals surface area contributed by atoms with E-state index < -0.39 is 0 Å². The van der Waals surface area contributed by atoms with E-state index in [1.807, 2.05) is 0 Å². The summed E-state index contributed by atoms with van der Waals surface area (Å²) in [5.74, 6) is 0.213. The second kappa shape index (κ2) is 4.11. The molecule has 4 heteroatoms. The molecule has 0 saturated heterocycles. The standard InChI is InChI=1S/C11H12ClNO2/c12-9-3-1-2-8(10(9)14)11(15)13-6-7-4-5-7/h1-3,7,14H,4-6H2,(H,13,15). The number of carbonyl (C=O) groups excluding carboxylic acids is 1. The molecule has 2 N–H and O–H groups in total. The minimum absolute atomic E-state index is 0.146. The zero-order valence-corrected chi connectivity index (χ0v) is 8.92. The minimum Gasteiger partial charge on any atom is -0.506 e. The number of amides is 1. The van der Waals surface area contributed by atoms with E-state index in [1.165, 1.54) is 12.8 Å². The van der Waals surface area contributed by atoms with Gasteiger partial charge in [-0.3, -0.25) is 4.79 Å². The molecule has 0 heterocycles. The van der Waals surface area contributed by atoms with E-state index in [1.54, 1.807) is 18.2 Å². The predicted octanol–water partition coefficient (Wildman–Crippen LogP) is 2.19. The van der Waals surface area contributed by atoms with Gasteiger partial charge in [-0.1, -0.05) is 17.7 Å². The summed E-state index contributed by atoms with van der Waals surface area (Å²) in [5, 5.41) is 12.5. The number of rotatable bonds is 3. The van der Waals surface area contributed by atoms with Crippen molar-refractivity contribution < 1.29 is 9.90 Å². The number of aromatic hydroxyl groups is 1. The van der Waals surface area contributed by atoms with Gasteiger partial charge < -0.3 is 10.4 Å². The van der Waals surface area contributed by atoms with Crippen LogP contribution in [0.1, 0.15) is 23.2 Å². The molecule has 0 aromatic heterocycles. The van der Waals surface area contributed by atoms with Gasteiger partial charge in [0, 0.05) is 6.54 Å². The highest BCUT2D eigenvalue weighted by atomic mass is 35.5. The van der Waals surface area contributed by atoms with Gasteiger partial charge in [-0.05, 0) is 30.9 Å². The fourth-order valence-electron chi connectivity index (χ4n) is 1.35. The van der Waals surface area contributed by atoms with Gasteiger partial charge in [-0.25, -0.2) is 0 Å². The monoisotopic (exact) mass is 225 g/mol. The minimum atomic E-state index is -0.262. The van der Waals surface area contributed by atoms with E-state index >= 15 is 0 Å². The van der Waals surface area contributed by atoms with Gasteiger partial charge in [0.05, 0.1) is 10.6 Å². The van der Waals surface area contributed by atoms with Crippen molar-refractivity contribution in [3.63, 3.8) is 0 Å². The summed E-state index contributed by atoms with van der Waals surface area (Å²) >= 11 is 5.70. The van der Waals surface area contributed by atoms with Crippen LogP contribution < -0.4 is 5.32 Å². The number of phenolic OH excluding ortho intramolecular Hbond substituents is 1. The fourth-order valence-corrected chi connectivity index (χ4v) is 1.53. The van der Waals surface area contributed by atoms with Gasteiger partial charge in [0.2, 0.25) is 0 Å². The third-order valence-electron chi connectivity index (χ3n) is 2.48. The highest BCUT2D eigenvalue weighted by Crippen LogP contribution is 2.29. The number of nitrogens with one attached hydrogen (secondary N) is 1. The Hall–Kier alpha value is -1.22. The SMILES string of the molecule is O=C(NCC1CC1)c1cccc(Cl)c1O. The molecule has 0 unspecified atom stereocenters. The predicted molar refractivity (Wildman–Crippen MR) is 58.2 cm³/mol. The Kier molecular flexibility index (Phi) is 2.82. The van der Waals surface area contributed by atoms with Gasteiger partial charge >= 0.3 is 0 Å². The third kappa shape index (κ3) is 2.42. The molecule has 0 radical (unpaired) electrons. The van der Waals surface area contributed by atoms with Crippen molar-refractivity contribution in [3.05, 3.63) is 28.8 Å². The lowest BCUT2D eigenvalue weighted by Crippen LogP contribution is -2.25. The van der Waals surface area contributed by atoms with Gasteiger partial charge in [0.15, 0.2) is 0 Å². The molecule has 2 rings (SSSR count). The zero-order valence-electron chi connectivity index (χ0n) is 8.16. The average molecular weight is 226 g/mol. The van der Waals surface area contributed by atoms with Crippen molar-refractivity contribution in [2.45, 2.75) is 12.8 Å². The molecule has 1 aromatic rings. The summed E-state index contributed by atoms with van der Waals surface area (Å²) in [7, 11) is 0. The van der Waals surface area contributed by atoms with Crippen LogP contribution in [0.25, 0.3) is 0 Å². The van der Waals surface area contributed by atoms with Crippen LogP contribution in [0, 0.1) is 5.92 Å². The van der Waals surface area contributed by atoms with Gasteiger partial charge in [-0.15, -0.1) is 0 Å². The molecular weight excluding hydrogens is 214 g/mol. The van der Waals surface area contributed by atoms with Crippen LogP contribution in [0.5, 0.6) is 5.75 Å². The summed E-state index contributed by atoms with van der Waals surface area (Å²) in [6.07, 6.45) is 2.36. The number of hydrogen-bond acceptors (Lipinski definition) is 2. The second-order valence-electron chi connectivity index (χ2n) is 3.79. The first kappa shape index (κ1) is 10.3. The Morgan fingerprint density at radius 3 is 2.93 bits per heavy atom. The van der Waals surface area contributed by atoms with Crippen LogP contribution in [0.15, 0.2) is 18.2 Å². The lowest BCUT2D eigenvalue weighted by atomic mass is 10.2. The van der Waals surface area contributed by atoms with Crippen molar-refractivity contribution >= 4 is 17.5 Å². The Morgan fingerprint density at radius 1 is 1.53 bits per heavy atom. The summed E-state index contributed by atoms with van der Waals surface area (Å²) < 4.78 is 0. The molecule has 15 heavy (non-hydrogen) atoms. The smallest absolute Gasteiger partial charge is 0.255 e. The number of hydrogen-bond donors (Lipinski definition) is 2. The van der Waals surface area contributed by atoms with Crippen LogP contribution in [-0.2, 0) is 0 Å². The molecule has 0 aliphatic heterocycles. The van der Waals surface area contributed by atoms with Crippen molar-refractivity contribution in [3.8, 4) is 5.75 Å². The summed E-state index contributed by atoms with van der Waals surface area (Å²) in [6, 6.07) is 4.76. The van der Waals surface area contributed by atoms with Crippen LogP contribution in [0.4, 0.5) is 0 Å². The Balaban J connectivity index is 2.06. The van der Waals surface area contributed by atoms with Crippen molar-refractivity contribution in [1.82, 2.24) is 5.32 Å². The maximum atomic E-state index is 11.6. The summed E-state index contributed by atoms with van der Waals surface area (Å²) in [4.78, 5) is 11.6. The van der Waals surface area contributed by atoms with E-state index in [0.29, 0.717) is 12.5 Å². The molecule has 0 atom stereocenters. The van der Waals surface area contributed by atoms with E-state index in [0.717, 1.165) is 0 Å². The van der Waals surface area contributed by atoms with Crippen molar-refractivity contribution in [2.75, 3.05) is 6.54 Å². The highest BCUT2D eigenvalue weighted by molar-refractivity contribution is 6.32. The molecule has 0 bridgehead atoms. The van der Waals surface area contributed by atoms with Gasteiger partial charge in [0.25, 0.3) is 5.91 Å². The van der Waals surface area contributed by atoms with Gasteiger partial charge in [-0.2, -0.15) is 0 Å². The number of phenols is 1. The van der Waals surface area contributed by atoms with Crippen molar-refractivity contribution in [1.29, 1.82) is 0 Å². The van der Waals surface area contributed by atoms with Crippen LogP contribution in [-0.4, -0.2) is 17.6 Å².